The quantitative estimate of drug-likeness (QED) is 0.771. The summed E-state index contributed by atoms with van der Waals surface area (Å²) in [5.41, 5.74) is 5.87. The van der Waals surface area contributed by atoms with Crippen LogP contribution in [0.1, 0.15) is 36.4 Å². The number of nitrogens with zero attached hydrogens (tertiary/aromatic N) is 2. The van der Waals surface area contributed by atoms with Crippen LogP contribution in [0.25, 0.3) is 0 Å². The number of thiazole rings is 1. The molecule has 1 heterocycles. The molecule has 0 spiro atoms. The maximum Gasteiger partial charge on any atom is 0.265 e. The molecule has 0 radical (unpaired) electrons. The minimum atomic E-state index is -0.114. The third kappa shape index (κ3) is 4.56. The van der Waals surface area contributed by atoms with Gasteiger partial charge in [-0.25, -0.2) is 4.98 Å². The normalized spacial score (nSPS) is 12.2. The van der Waals surface area contributed by atoms with Crippen LogP contribution in [0.5, 0.6) is 0 Å². The average Bonchev–Trinajstić information content (AvgIpc) is 2.80. The Labute approximate surface area is 129 Å². The molecule has 0 saturated carbocycles. The van der Waals surface area contributed by atoms with E-state index in [4.69, 9.17) is 5.73 Å². The van der Waals surface area contributed by atoms with E-state index in [1.807, 2.05) is 18.2 Å². The van der Waals surface area contributed by atoms with Crippen LogP contribution in [0.15, 0.2) is 0 Å². The molecule has 3 N–H and O–H groups in total. The molecule has 0 bridgehead atoms. The fourth-order valence-corrected chi connectivity index (χ4v) is 3.39. The van der Waals surface area contributed by atoms with Gasteiger partial charge in [0.15, 0.2) is 5.13 Å². The molecule has 20 heavy (non-hydrogen) atoms. The van der Waals surface area contributed by atoms with Crippen molar-refractivity contribution in [2.45, 2.75) is 32.7 Å². The summed E-state index contributed by atoms with van der Waals surface area (Å²) >= 11 is 3.08. The molecule has 1 aromatic heterocycles. The molecular formula is C13H24N4OS2. The van der Waals surface area contributed by atoms with E-state index in [2.05, 4.69) is 24.1 Å². The van der Waals surface area contributed by atoms with Crippen molar-refractivity contribution in [2.24, 2.45) is 0 Å². The van der Waals surface area contributed by atoms with Gasteiger partial charge in [-0.3, -0.25) is 4.79 Å². The predicted octanol–water partition coefficient (Wildman–Crippen LogP) is 2.44. The van der Waals surface area contributed by atoms with Gasteiger partial charge in [0.2, 0.25) is 0 Å². The number of nitrogens with one attached hydrogen (secondary N) is 1. The highest BCUT2D eigenvalue weighted by Crippen LogP contribution is 2.27. The lowest BCUT2D eigenvalue weighted by Gasteiger charge is -2.15. The Morgan fingerprint density at radius 1 is 1.55 bits per heavy atom. The van der Waals surface area contributed by atoms with Crippen molar-refractivity contribution in [1.82, 2.24) is 10.3 Å². The maximum atomic E-state index is 12.3. The molecule has 0 fully saturated rings. The zero-order chi connectivity index (χ0) is 15.1. The first-order valence-corrected chi connectivity index (χ1v) is 9.01. The molecule has 0 saturated heterocycles. The Morgan fingerprint density at radius 2 is 2.25 bits per heavy atom. The summed E-state index contributed by atoms with van der Waals surface area (Å²) in [7, 11) is 1.96. The number of aromatic nitrogens is 1. The van der Waals surface area contributed by atoms with Crippen LogP contribution in [0, 0.1) is 0 Å². The number of hydrogen-bond acceptors (Lipinski definition) is 6. The molecule has 5 nitrogen and oxygen atoms in total. The Bertz CT molecular complexity index is 436. The average molecular weight is 316 g/mol. The number of hydrogen-bond donors (Lipinski definition) is 2. The fraction of sp³-hybridized carbons (Fsp3) is 0.692. The highest BCUT2D eigenvalue weighted by molar-refractivity contribution is 7.98. The smallest absolute Gasteiger partial charge is 0.265 e. The van der Waals surface area contributed by atoms with Gasteiger partial charge in [0.1, 0.15) is 10.7 Å². The molecule has 1 rings (SSSR count). The predicted molar refractivity (Wildman–Crippen MR) is 90.0 cm³/mol. The van der Waals surface area contributed by atoms with Gasteiger partial charge in [-0.05, 0) is 19.1 Å². The van der Waals surface area contributed by atoms with Crippen LogP contribution in [0.2, 0.25) is 0 Å². The first-order valence-electron chi connectivity index (χ1n) is 6.80. The zero-order valence-electron chi connectivity index (χ0n) is 12.6. The van der Waals surface area contributed by atoms with Crippen molar-refractivity contribution in [2.75, 3.05) is 36.2 Å². The molecule has 1 aromatic rings. The van der Waals surface area contributed by atoms with Gasteiger partial charge in [0, 0.05) is 25.4 Å². The first kappa shape index (κ1) is 17.1. The number of nitrogens with two attached hydrogens (primary N) is 1. The van der Waals surface area contributed by atoms with Gasteiger partial charge >= 0.3 is 0 Å². The summed E-state index contributed by atoms with van der Waals surface area (Å²) in [5.74, 6) is 1.12. The fourth-order valence-electron chi connectivity index (χ4n) is 1.79. The molecule has 1 unspecified atom stereocenters. The molecule has 7 heteroatoms. The van der Waals surface area contributed by atoms with E-state index in [1.165, 1.54) is 11.3 Å². The second kappa shape index (κ2) is 8.36. The van der Waals surface area contributed by atoms with Crippen molar-refractivity contribution in [3.63, 3.8) is 0 Å². The van der Waals surface area contributed by atoms with Gasteiger partial charge in [0.05, 0.1) is 0 Å². The summed E-state index contributed by atoms with van der Waals surface area (Å²) in [5, 5.41) is 3.82. The third-order valence-corrected chi connectivity index (χ3v) is 4.85. The summed E-state index contributed by atoms with van der Waals surface area (Å²) in [6.45, 7) is 5.07. The maximum absolute atomic E-state index is 12.3. The molecule has 114 valence electrons. The molecule has 0 aliphatic heterocycles. The Morgan fingerprint density at radius 3 is 2.80 bits per heavy atom. The van der Waals surface area contributed by atoms with Gasteiger partial charge in [-0.1, -0.05) is 25.2 Å². The third-order valence-electron chi connectivity index (χ3n) is 2.93. The Kier molecular flexibility index (Phi) is 7.15. The standard InChI is InChI=1S/C13H24N4OS2/c1-5-7-17(3)13-16-11(14)10(20-13)12(18)15-9(6-2)8-19-4/h9H,5-8,14H2,1-4H3,(H,15,18). The van der Waals surface area contributed by atoms with E-state index < -0.39 is 0 Å². The van der Waals surface area contributed by atoms with E-state index >= 15 is 0 Å². The number of amides is 1. The second-order valence-corrected chi connectivity index (χ2v) is 6.55. The van der Waals surface area contributed by atoms with Gasteiger partial charge in [0.25, 0.3) is 5.91 Å². The molecule has 0 aliphatic rings. The SMILES string of the molecule is CCCN(C)c1nc(N)c(C(=O)NC(CC)CSC)s1. The zero-order valence-corrected chi connectivity index (χ0v) is 14.2. The van der Waals surface area contributed by atoms with Crippen molar-refractivity contribution >= 4 is 40.0 Å². The number of anilines is 2. The van der Waals surface area contributed by atoms with Crippen LogP contribution >= 0.6 is 23.1 Å². The van der Waals surface area contributed by atoms with Crippen molar-refractivity contribution in [1.29, 1.82) is 0 Å². The van der Waals surface area contributed by atoms with Crippen molar-refractivity contribution < 1.29 is 4.79 Å². The minimum absolute atomic E-state index is 0.114. The lowest BCUT2D eigenvalue weighted by atomic mass is 10.2. The largest absolute Gasteiger partial charge is 0.382 e. The van der Waals surface area contributed by atoms with Gasteiger partial charge in [-0.15, -0.1) is 0 Å². The molecule has 1 atom stereocenters. The number of rotatable bonds is 8. The van der Waals surface area contributed by atoms with E-state index in [1.54, 1.807) is 11.8 Å². The van der Waals surface area contributed by atoms with E-state index in [0.29, 0.717) is 10.7 Å². The van der Waals surface area contributed by atoms with Crippen LogP contribution in [-0.2, 0) is 0 Å². The summed E-state index contributed by atoms with van der Waals surface area (Å²) < 4.78 is 0. The van der Waals surface area contributed by atoms with E-state index in [0.717, 1.165) is 30.3 Å². The highest BCUT2D eigenvalue weighted by Gasteiger charge is 2.20. The molecule has 1 amide bonds. The number of carbonyl (C=O) groups is 1. The van der Waals surface area contributed by atoms with Crippen LogP contribution < -0.4 is 16.0 Å². The lowest BCUT2D eigenvalue weighted by molar-refractivity contribution is 0.0945. The lowest BCUT2D eigenvalue weighted by Crippen LogP contribution is -2.36. The van der Waals surface area contributed by atoms with Gasteiger partial charge in [-0.2, -0.15) is 11.8 Å². The van der Waals surface area contributed by atoms with Gasteiger partial charge < -0.3 is 16.0 Å². The Hall–Kier alpha value is -0.950. The molecular weight excluding hydrogens is 292 g/mol. The van der Waals surface area contributed by atoms with Crippen LogP contribution in [-0.4, -0.2) is 42.5 Å². The van der Waals surface area contributed by atoms with Crippen molar-refractivity contribution in [3.05, 3.63) is 4.88 Å². The summed E-state index contributed by atoms with van der Waals surface area (Å²) in [6.07, 6.45) is 3.98. The summed E-state index contributed by atoms with van der Waals surface area (Å²) in [6, 6.07) is 0.177. The molecule has 0 aromatic carbocycles. The topological polar surface area (TPSA) is 71.2 Å². The highest BCUT2D eigenvalue weighted by atomic mass is 32.2. The van der Waals surface area contributed by atoms with E-state index in [-0.39, 0.29) is 11.9 Å². The van der Waals surface area contributed by atoms with E-state index in [9.17, 15) is 4.79 Å². The van der Waals surface area contributed by atoms with Crippen molar-refractivity contribution in [3.8, 4) is 0 Å². The second-order valence-electron chi connectivity index (χ2n) is 4.67. The van der Waals surface area contributed by atoms with Crippen LogP contribution in [0.3, 0.4) is 0 Å². The Balaban J connectivity index is 2.77. The monoisotopic (exact) mass is 316 g/mol. The summed E-state index contributed by atoms with van der Waals surface area (Å²) in [4.78, 5) is 19.1. The first-order chi connectivity index (χ1) is 9.53. The molecule has 0 aliphatic carbocycles. The number of nitrogen functional groups attached to an aromatic ring is 1. The van der Waals surface area contributed by atoms with Crippen LogP contribution in [0.4, 0.5) is 10.9 Å². The number of carbonyl (C=O) groups excluding carboxylic acids is 1. The minimum Gasteiger partial charge on any atom is -0.382 e. The number of thioether (sulfide) groups is 1.